The van der Waals surface area contributed by atoms with Gasteiger partial charge in [-0.1, -0.05) is 0 Å². The molecule has 0 spiro atoms. The van der Waals surface area contributed by atoms with E-state index in [1.165, 1.54) is 34.8 Å². The predicted molar refractivity (Wildman–Crippen MR) is 56.9 cm³/mol. The summed E-state index contributed by atoms with van der Waals surface area (Å²) in [5.74, 6) is -0.188. The van der Waals surface area contributed by atoms with Crippen LogP contribution in [-0.4, -0.2) is 27.9 Å². The molecular formula is C9H8N4OS. The molecule has 0 aliphatic rings. The Bertz CT molecular complexity index is 442. The molecule has 0 saturated heterocycles. The number of hydrogen-bond acceptors (Lipinski definition) is 5. The minimum absolute atomic E-state index is 0.188. The van der Waals surface area contributed by atoms with Gasteiger partial charge in [0.2, 0.25) is 0 Å². The first-order valence-corrected chi connectivity index (χ1v) is 5.09. The molecule has 0 unspecified atom stereocenters. The third-order valence-corrected chi connectivity index (χ3v) is 2.68. The molecular weight excluding hydrogens is 212 g/mol. The highest BCUT2D eigenvalue weighted by Crippen LogP contribution is 2.18. The Kier molecular flexibility index (Phi) is 2.68. The van der Waals surface area contributed by atoms with E-state index in [4.69, 9.17) is 0 Å². The third kappa shape index (κ3) is 1.99. The molecule has 5 nitrogen and oxygen atoms in total. The number of carbonyl (C=O) groups is 1. The summed E-state index contributed by atoms with van der Waals surface area (Å²) in [4.78, 5) is 25.0. The van der Waals surface area contributed by atoms with Crippen LogP contribution in [0.25, 0.3) is 0 Å². The molecule has 2 aromatic heterocycles. The van der Waals surface area contributed by atoms with Gasteiger partial charge in [-0.05, 0) is 0 Å². The number of anilines is 1. The van der Waals surface area contributed by atoms with Crippen LogP contribution >= 0.6 is 11.3 Å². The average Bonchev–Trinajstić information content (AvgIpc) is 2.82. The molecule has 76 valence electrons. The van der Waals surface area contributed by atoms with E-state index in [0.717, 1.165) is 5.00 Å². The van der Waals surface area contributed by atoms with Crippen LogP contribution in [0.15, 0.2) is 30.3 Å². The van der Waals surface area contributed by atoms with E-state index < -0.39 is 0 Å². The van der Waals surface area contributed by atoms with E-state index >= 15 is 0 Å². The van der Waals surface area contributed by atoms with Crippen molar-refractivity contribution in [2.45, 2.75) is 0 Å². The Morgan fingerprint density at radius 3 is 2.80 bits per heavy atom. The van der Waals surface area contributed by atoms with E-state index in [1.54, 1.807) is 18.8 Å². The van der Waals surface area contributed by atoms with Gasteiger partial charge in [-0.15, -0.1) is 11.3 Å². The van der Waals surface area contributed by atoms with Crippen LogP contribution in [0.2, 0.25) is 0 Å². The lowest BCUT2D eigenvalue weighted by atomic mass is 10.4. The van der Waals surface area contributed by atoms with Crippen LogP contribution < -0.4 is 4.90 Å². The van der Waals surface area contributed by atoms with Crippen LogP contribution in [-0.2, 0) is 0 Å². The molecule has 1 amide bonds. The fourth-order valence-corrected chi connectivity index (χ4v) is 1.65. The second kappa shape index (κ2) is 4.14. The minimum atomic E-state index is -0.188. The van der Waals surface area contributed by atoms with E-state index in [9.17, 15) is 4.79 Å². The van der Waals surface area contributed by atoms with Gasteiger partial charge in [0.1, 0.15) is 10.7 Å². The van der Waals surface area contributed by atoms with E-state index in [1.807, 2.05) is 0 Å². The summed E-state index contributed by atoms with van der Waals surface area (Å²) in [7, 11) is 1.69. The average molecular weight is 220 g/mol. The topological polar surface area (TPSA) is 59.0 Å². The molecule has 2 aromatic rings. The van der Waals surface area contributed by atoms with Gasteiger partial charge in [-0.25, -0.2) is 4.98 Å². The molecule has 2 rings (SSSR count). The number of aromatic nitrogens is 3. The molecule has 0 aliphatic heterocycles. The summed E-state index contributed by atoms with van der Waals surface area (Å²) in [5.41, 5.74) is 2.00. The molecule has 15 heavy (non-hydrogen) atoms. The third-order valence-electron chi connectivity index (χ3n) is 1.84. The molecule has 0 aliphatic carbocycles. The van der Waals surface area contributed by atoms with Gasteiger partial charge >= 0.3 is 0 Å². The zero-order valence-corrected chi connectivity index (χ0v) is 8.81. The summed E-state index contributed by atoms with van der Waals surface area (Å²) in [6.45, 7) is 0. The summed E-state index contributed by atoms with van der Waals surface area (Å²) < 4.78 is 0. The molecule has 0 bridgehead atoms. The van der Waals surface area contributed by atoms with Crippen molar-refractivity contribution in [2.75, 3.05) is 11.9 Å². The monoisotopic (exact) mass is 220 g/mol. The molecule has 0 saturated carbocycles. The van der Waals surface area contributed by atoms with Gasteiger partial charge in [-0.3, -0.25) is 14.8 Å². The molecule has 0 aromatic carbocycles. The van der Waals surface area contributed by atoms with E-state index in [2.05, 4.69) is 15.0 Å². The molecule has 0 atom stereocenters. The van der Waals surface area contributed by atoms with Crippen LogP contribution in [0.4, 0.5) is 5.00 Å². The number of nitrogens with zero attached hydrogens (tertiary/aromatic N) is 4. The first-order valence-electron chi connectivity index (χ1n) is 4.21. The Morgan fingerprint density at radius 1 is 1.33 bits per heavy atom. The van der Waals surface area contributed by atoms with Crippen LogP contribution in [0.5, 0.6) is 0 Å². The normalized spacial score (nSPS) is 9.93. The molecule has 6 heteroatoms. The van der Waals surface area contributed by atoms with Crippen LogP contribution in [0.3, 0.4) is 0 Å². The maximum atomic E-state index is 11.8. The Balaban J connectivity index is 2.23. The van der Waals surface area contributed by atoms with Gasteiger partial charge in [0.15, 0.2) is 0 Å². The molecule has 2 heterocycles. The second-order valence-corrected chi connectivity index (χ2v) is 3.66. The standard InChI is InChI=1S/C9H8N4OS/c1-13(8-5-11-6-15-8)9(14)7-4-10-2-3-12-7/h2-6H,1H3. The van der Waals surface area contributed by atoms with Crippen molar-refractivity contribution in [1.29, 1.82) is 0 Å². The Hall–Kier alpha value is -1.82. The fraction of sp³-hybridized carbons (Fsp3) is 0.111. The van der Waals surface area contributed by atoms with Gasteiger partial charge < -0.3 is 4.90 Å². The van der Waals surface area contributed by atoms with E-state index in [-0.39, 0.29) is 5.91 Å². The molecule has 0 N–H and O–H groups in total. The van der Waals surface area contributed by atoms with Crippen molar-refractivity contribution in [2.24, 2.45) is 0 Å². The lowest BCUT2D eigenvalue weighted by Gasteiger charge is -2.12. The number of rotatable bonds is 2. The lowest BCUT2D eigenvalue weighted by molar-refractivity contribution is 0.0988. The van der Waals surface area contributed by atoms with Crippen molar-refractivity contribution in [3.05, 3.63) is 36.0 Å². The highest BCUT2D eigenvalue weighted by molar-refractivity contribution is 7.14. The number of carbonyl (C=O) groups excluding carboxylic acids is 1. The number of thiazole rings is 1. The van der Waals surface area contributed by atoms with Crippen molar-refractivity contribution >= 4 is 22.2 Å². The molecule has 0 radical (unpaired) electrons. The summed E-state index contributed by atoms with van der Waals surface area (Å²) >= 11 is 1.40. The maximum Gasteiger partial charge on any atom is 0.278 e. The predicted octanol–water partition coefficient (Wildman–Crippen LogP) is 1.21. The van der Waals surface area contributed by atoms with Crippen molar-refractivity contribution in [1.82, 2.24) is 15.0 Å². The maximum absolute atomic E-state index is 11.8. The Morgan fingerprint density at radius 2 is 2.20 bits per heavy atom. The number of amides is 1. The van der Waals surface area contributed by atoms with Gasteiger partial charge in [0.05, 0.1) is 17.9 Å². The SMILES string of the molecule is CN(C(=O)c1cnccn1)c1cncs1. The van der Waals surface area contributed by atoms with Gasteiger partial charge in [-0.2, -0.15) is 0 Å². The van der Waals surface area contributed by atoms with Crippen LogP contribution in [0, 0.1) is 0 Å². The first-order chi connectivity index (χ1) is 7.29. The summed E-state index contributed by atoms with van der Waals surface area (Å²) in [5, 5.41) is 0.783. The zero-order chi connectivity index (χ0) is 10.7. The highest BCUT2D eigenvalue weighted by Gasteiger charge is 2.15. The quantitative estimate of drug-likeness (QED) is 0.763. The van der Waals surface area contributed by atoms with Crippen LogP contribution in [0.1, 0.15) is 10.5 Å². The highest BCUT2D eigenvalue weighted by atomic mass is 32.1. The largest absolute Gasteiger partial charge is 0.300 e. The van der Waals surface area contributed by atoms with E-state index in [0.29, 0.717) is 5.69 Å². The van der Waals surface area contributed by atoms with Gasteiger partial charge in [0, 0.05) is 19.4 Å². The summed E-state index contributed by atoms with van der Waals surface area (Å²) in [6, 6.07) is 0. The zero-order valence-electron chi connectivity index (χ0n) is 7.99. The van der Waals surface area contributed by atoms with Gasteiger partial charge in [0.25, 0.3) is 5.91 Å². The fourth-order valence-electron chi connectivity index (χ4n) is 1.06. The first kappa shape index (κ1) is 9.72. The van der Waals surface area contributed by atoms with Crippen molar-refractivity contribution in [3.63, 3.8) is 0 Å². The lowest BCUT2D eigenvalue weighted by Crippen LogP contribution is -2.26. The second-order valence-electron chi connectivity index (χ2n) is 2.79. The minimum Gasteiger partial charge on any atom is -0.300 e. The smallest absolute Gasteiger partial charge is 0.278 e. The van der Waals surface area contributed by atoms with Crippen molar-refractivity contribution < 1.29 is 4.79 Å². The Labute approximate surface area is 90.4 Å². The summed E-state index contributed by atoms with van der Waals surface area (Å²) in [6.07, 6.45) is 6.11. The molecule has 0 fully saturated rings. The van der Waals surface area contributed by atoms with Crippen molar-refractivity contribution in [3.8, 4) is 0 Å². The number of hydrogen-bond donors (Lipinski definition) is 0.